The van der Waals surface area contributed by atoms with Crippen molar-refractivity contribution in [3.05, 3.63) is 95.0 Å². The fourth-order valence-corrected chi connectivity index (χ4v) is 6.93. The molecule has 5 N–H and O–H groups in total. The van der Waals surface area contributed by atoms with Gasteiger partial charge in [-0.25, -0.2) is 0 Å². The van der Waals surface area contributed by atoms with E-state index in [0.717, 1.165) is 10.5 Å². The molecule has 0 aliphatic carbocycles. The Bertz CT molecular complexity index is 1500. The van der Waals surface area contributed by atoms with Crippen molar-refractivity contribution in [1.29, 1.82) is 0 Å². The summed E-state index contributed by atoms with van der Waals surface area (Å²) in [5, 5.41) is 47.7. The molecular formula is C34H38ClNO11S. The zero-order valence-corrected chi connectivity index (χ0v) is 27.5. The molecule has 3 saturated heterocycles. The molecule has 0 spiro atoms. The number of carbonyl (C=O) groups excluding carboxylic acids is 1. The third kappa shape index (κ3) is 8.21. The minimum atomic E-state index is -1.55. The Kier molecular flexibility index (Phi) is 11.7. The first-order valence-corrected chi connectivity index (χ1v) is 16.9. The lowest BCUT2D eigenvalue weighted by Crippen LogP contribution is -2.65. The summed E-state index contributed by atoms with van der Waals surface area (Å²) in [6.45, 7) is 1.39. The number of ether oxygens (including phenoxy) is 6. The SMILES string of the molecule is CC(=O)Nc1cc(CO[C@@H]2O[C@H](CSc3ccccc3)[C@@H](O[C@H]3O[C@@H]4COC(c5ccccc5)O[C@H]4[C@H](O)[C@H]3O)[C@H](O)[C@H]2O)ccc1Cl. The van der Waals surface area contributed by atoms with Crippen LogP contribution in [0.4, 0.5) is 5.69 Å². The number of fused-ring (bicyclic) bond motifs is 1. The van der Waals surface area contributed by atoms with E-state index in [-0.39, 0.29) is 24.9 Å². The molecule has 3 aromatic rings. The number of carbonyl (C=O) groups is 1. The predicted molar refractivity (Wildman–Crippen MR) is 174 cm³/mol. The number of aliphatic hydroxyl groups is 4. The van der Waals surface area contributed by atoms with Crippen molar-refractivity contribution in [2.75, 3.05) is 17.7 Å². The van der Waals surface area contributed by atoms with Crippen LogP contribution in [0.5, 0.6) is 0 Å². The molecule has 1 unspecified atom stereocenters. The Morgan fingerprint density at radius 3 is 2.33 bits per heavy atom. The van der Waals surface area contributed by atoms with Crippen LogP contribution in [0, 0.1) is 0 Å². The van der Waals surface area contributed by atoms with E-state index in [1.807, 2.05) is 60.7 Å². The minimum absolute atomic E-state index is 0.0358. The normalized spacial score (nSPS) is 33.5. The smallest absolute Gasteiger partial charge is 0.221 e. The Morgan fingerprint density at radius 1 is 0.896 bits per heavy atom. The second kappa shape index (κ2) is 15.9. The molecule has 3 aliphatic heterocycles. The van der Waals surface area contributed by atoms with Crippen LogP contribution in [0.2, 0.25) is 5.02 Å². The maximum Gasteiger partial charge on any atom is 0.221 e. The molecule has 258 valence electrons. The Morgan fingerprint density at radius 2 is 1.60 bits per heavy atom. The molecule has 3 heterocycles. The average molecular weight is 704 g/mol. The van der Waals surface area contributed by atoms with Crippen molar-refractivity contribution < 1.29 is 53.6 Å². The highest BCUT2D eigenvalue weighted by Gasteiger charge is 2.53. The minimum Gasteiger partial charge on any atom is -0.387 e. The van der Waals surface area contributed by atoms with E-state index in [2.05, 4.69) is 5.32 Å². The Hall–Kier alpha value is -2.63. The highest BCUT2D eigenvalue weighted by atomic mass is 35.5. The summed E-state index contributed by atoms with van der Waals surface area (Å²) < 4.78 is 36.1. The van der Waals surface area contributed by atoms with Gasteiger partial charge in [0.15, 0.2) is 18.9 Å². The molecule has 1 amide bonds. The molecule has 3 fully saturated rings. The van der Waals surface area contributed by atoms with E-state index in [1.54, 1.807) is 18.2 Å². The monoisotopic (exact) mass is 703 g/mol. The largest absolute Gasteiger partial charge is 0.387 e. The highest BCUT2D eigenvalue weighted by Crippen LogP contribution is 2.37. The molecule has 6 rings (SSSR count). The summed E-state index contributed by atoms with van der Waals surface area (Å²) in [6.07, 6.45) is -13.2. The van der Waals surface area contributed by atoms with Gasteiger partial charge in [0.25, 0.3) is 0 Å². The fourth-order valence-electron chi connectivity index (χ4n) is 5.79. The first kappa shape index (κ1) is 35.2. The molecule has 0 saturated carbocycles. The van der Waals surface area contributed by atoms with Crippen LogP contribution >= 0.6 is 23.4 Å². The molecule has 48 heavy (non-hydrogen) atoms. The highest BCUT2D eigenvalue weighted by molar-refractivity contribution is 7.99. The van der Waals surface area contributed by atoms with Gasteiger partial charge in [0.05, 0.1) is 30.0 Å². The van der Waals surface area contributed by atoms with Gasteiger partial charge in [-0.2, -0.15) is 0 Å². The predicted octanol–water partition coefficient (Wildman–Crippen LogP) is 3.00. The number of nitrogens with one attached hydrogen (secondary N) is 1. The molecule has 0 aromatic heterocycles. The van der Waals surface area contributed by atoms with Crippen LogP contribution in [-0.4, -0.2) is 100 Å². The van der Waals surface area contributed by atoms with E-state index in [1.165, 1.54) is 18.7 Å². The van der Waals surface area contributed by atoms with E-state index < -0.39 is 67.7 Å². The Balaban J connectivity index is 1.15. The topological polar surface area (TPSA) is 165 Å². The van der Waals surface area contributed by atoms with Gasteiger partial charge >= 0.3 is 0 Å². The van der Waals surface area contributed by atoms with E-state index in [4.69, 9.17) is 40.0 Å². The van der Waals surface area contributed by atoms with Gasteiger partial charge in [0.2, 0.25) is 5.91 Å². The quantitative estimate of drug-likeness (QED) is 0.196. The Labute approximate surface area is 286 Å². The van der Waals surface area contributed by atoms with Crippen LogP contribution in [0.1, 0.15) is 24.3 Å². The summed E-state index contributed by atoms with van der Waals surface area (Å²) in [5.41, 5.74) is 1.80. The maximum absolute atomic E-state index is 11.6. The number of hydrogen-bond acceptors (Lipinski definition) is 12. The third-order valence-electron chi connectivity index (χ3n) is 8.25. The van der Waals surface area contributed by atoms with Crippen LogP contribution in [0.3, 0.4) is 0 Å². The number of thioether (sulfide) groups is 1. The molecule has 0 bridgehead atoms. The molecular weight excluding hydrogens is 666 g/mol. The van der Waals surface area contributed by atoms with Crippen molar-refractivity contribution in [3.8, 4) is 0 Å². The number of amides is 1. The molecule has 14 heteroatoms. The van der Waals surface area contributed by atoms with Crippen molar-refractivity contribution in [2.24, 2.45) is 0 Å². The third-order valence-corrected chi connectivity index (χ3v) is 9.68. The van der Waals surface area contributed by atoms with Gasteiger partial charge in [-0.3, -0.25) is 4.79 Å². The van der Waals surface area contributed by atoms with E-state index in [0.29, 0.717) is 16.3 Å². The number of benzene rings is 3. The van der Waals surface area contributed by atoms with Gasteiger partial charge < -0.3 is 54.2 Å². The summed E-state index contributed by atoms with van der Waals surface area (Å²) >= 11 is 7.63. The molecule has 11 atom stereocenters. The second-order valence-corrected chi connectivity index (χ2v) is 13.3. The number of anilines is 1. The average Bonchev–Trinajstić information content (AvgIpc) is 3.10. The number of hydrogen-bond donors (Lipinski definition) is 5. The van der Waals surface area contributed by atoms with Gasteiger partial charge in [-0.1, -0.05) is 66.2 Å². The number of halogens is 1. The van der Waals surface area contributed by atoms with Crippen LogP contribution in [-0.2, 0) is 39.8 Å². The first-order valence-electron chi connectivity index (χ1n) is 15.5. The first-order chi connectivity index (χ1) is 23.2. The van der Waals surface area contributed by atoms with Gasteiger partial charge in [-0.05, 0) is 29.8 Å². The zero-order valence-electron chi connectivity index (χ0n) is 25.9. The molecule has 0 radical (unpaired) electrons. The fraction of sp³-hybridized carbons (Fsp3) is 0.441. The van der Waals surface area contributed by atoms with Gasteiger partial charge in [-0.15, -0.1) is 11.8 Å². The van der Waals surface area contributed by atoms with Crippen molar-refractivity contribution >= 4 is 35.0 Å². The lowest BCUT2D eigenvalue weighted by Gasteiger charge is -2.49. The van der Waals surface area contributed by atoms with Crippen LogP contribution in [0.15, 0.2) is 83.8 Å². The summed E-state index contributed by atoms with van der Waals surface area (Å²) in [7, 11) is 0. The molecule has 3 aliphatic rings. The van der Waals surface area contributed by atoms with E-state index in [9.17, 15) is 25.2 Å². The second-order valence-electron chi connectivity index (χ2n) is 11.8. The zero-order chi connectivity index (χ0) is 33.8. The number of rotatable bonds is 10. The summed E-state index contributed by atoms with van der Waals surface area (Å²) in [4.78, 5) is 12.5. The maximum atomic E-state index is 11.6. The van der Waals surface area contributed by atoms with Crippen molar-refractivity contribution in [2.45, 2.75) is 86.1 Å². The van der Waals surface area contributed by atoms with Crippen LogP contribution < -0.4 is 5.32 Å². The number of aliphatic hydroxyl groups excluding tert-OH is 4. The lowest BCUT2D eigenvalue weighted by atomic mass is 9.96. The lowest BCUT2D eigenvalue weighted by molar-refractivity contribution is -0.384. The van der Waals surface area contributed by atoms with Crippen LogP contribution in [0.25, 0.3) is 0 Å². The van der Waals surface area contributed by atoms with Gasteiger partial charge in [0, 0.05) is 23.1 Å². The van der Waals surface area contributed by atoms with Gasteiger partial charge in [0.1, 0.15) is 42.7 Å². The summed E-state index contributed by atoms with van der Waals surface area (Å²) in [5.74, 6) is -0.0158. The van der Waals surface area contributed by atoms with E-state index >= 15 is 0 Å². The van der Waals surface area contributed by atoms with Crippen molar-refractivity contribution in [1.82, 2.24) is 0 Å². The molecule has 12 nitrogen and oxygen atoms in total. The molecule has 3 aromatic carbocycles. The summed E-state index contributed by atoms with van der Waals surface area (Å²) in [6, 6.07) is 23.7. The standard InChI is InChI=1S/C34H38ClNO11S/c1-18(37)36-23-14-19(12-13-22(23)35)15-42-33-28(40)26(38)31(25(45-33)17-48-21-10-6-3-7-11-21)47-34-29(41)27(39)30-24(44-34)16-43-32(46-30)20-8-4-2-5-9-20/h2-14,24-34,38-41H,15-17H2,1H3,(H,36,37)/t24-,25-,26-,27-,28-,29-,30-,31-,32?,33-,34-/m1/s1. The van der Waals surface area contributed by atoms with Crippen molar-refractivity contribution in [3.63, 3.8) is 0 Å².